The Labute approximate surface area is 148 Å². The molecule has 0 aliphatic rings. The van der Waals surface area contributed by atoms with Crippen LogP contribution in [0.5, 0.6) is 0 Å². The van der Waals surface area contributed by atoms with Crippen LogP contribution in [-0.4, -0.2) is 0 Å². The Hall–Kier alpha value is -2.55. The smallest absolute Gasteiger partial charge is 0.126 e. The molecule has 0 spiro atoms. The summed E-state index contributed by atoms with van der Waals surface area (Å²) in [5.41, 5.74) is 2.84. The second-order valence-corrected chi connectivity index (χ2v) is 5.54. The first-order chi connectivity index (χ1) is 11.9. The normalized spacial score (nSPS) is 9.36. The highest BCUT2D eigenvalue weighted by atomic mass is 19.1. The lowest BCUT2D eigenvalue weighted by molar-refractivity contribution is 0.612. The van der Waals surface area contributed by atoms with Gasteiger partial charge in [0.15, 0.2) is 0 Å². The minimum Gasteiger partial charge on any atom is -0.207 e. The lowest BCUT2D eigenvalue weighted by atomic mass is 10.2. The van der Waals surface area contributed by atoms with Gasteiger partial charge in [0, 0.05) is 0 Å². The zero-order valence-corrected chi connectivity index (χ0v) is 14.8. The molecule has 132 valence electrons. The van der Waals surface area contributed by atoms with E-state index in [2.05, 4.69) is 0 Å². The minimum absolute atomic E-state index is 0.0972. The number of hydrogen-bond donors (Lipinski definition) is 0. The summed E-state index contributed by atoms with van der Waals surface area (Å²) in [6.45, 7) is 5.74. The Balaban J connectivity index is 0.000000188. The number of aryl methyl sites for hydroxylation is 3. The molecular weight excluding hydrogens is 321 g/mol. The van der Waals surface area contributed by atoms with Crippen molar-refractivity contribution in [2.45, 2.75) is 27.2 Å². The van der Waals surface area contributed by atoms with Gasteiger partial charge in [-0.2, -0.15) is 0 Å². The van der Waals surface area contributed by atoms with Crippen molar-refractivity contribution in [3.8, 4) is 0 Å². The van der Waals surface area contributed by atoms with Crippen molar-refractivity contribution in [3.05, 3.63) is 107 Å². The molecule has 0 heterocycles. The first-order valence-electron chi connectivity index (χ1n) is 8.10. The summed E-state index contributed by atoms with van der Waals surface area (Å²) in [6, 6.07) is 19.7. The molecule has 3 aromatic carbocycles. The van der Waals surface area contributed by atoms with Crippen LogP contribution in [0, 0.1) is 31.3 Å². The van der Waals surface area contributed by atoms with Crippen molar-refractivity contribution < 1.29 is 13.2 Å². The first-order valence-corrected chi connectivity index (χ1v) is 8.10. The maximum atomic E-state index is 12.6. The third-order valence-corrected chi connectivity index (χ3v) is 3.33. The van der Waals surface area contributed by atoms with Crippen LogP contribution in [0.4, 0.5) is 13.2 Å². The summed E-state index contributed by atoms with van der Waals surface area (Å²) in [5, 5.41) is 0. The quantitative estimate of drug-likeness (QED) is 0.463. The molecule has 0 aromatic heterocycles. The molecule has 0 nitrogen and oxygen atoms in total. The highest BCUT2D eigenvalue weighted by Gasteiger charge is 1.93. The number of benzene rings is 3. The number of halogens is 3. The molecule has 0 N–H and O–H groups in total. The SMILES string of the molecule is CCc1ccccc1F.Cc1ccc(F)cc1.Cc1cccc(F)c1. The predicted octanol–water partition coefficient (Wildman–Crippen LogP) is 6.66. The molecule has 0 bridgehead atoms. The van der Waals surface area contributed by atoms with Crippen molar-refractivity contribution >= 4 is 0 Å². The Morgan fingerprint density at radius 2 is 1.28 bits per heavy atom. The van der Waals surface area contributed by atoms with Crippen molar-refractivity contribution in [2.24, 2.45) is 0 Å². The van der Waals surface area contributed by atoms with Crippen LogP contribution in [-0.2, 0) is 6.42 Å². The van der Waals surface area contributed by atoms with Gasteiger partial charge in [-0.05, 0) is 61.7 Å². The molecule has 0 unspecified atom stereocenters. The van der Waals surface area contributed by atoms with E-state index in [1.54, 1.807) is 30.3 Å². The molecule has 0 atom stereocenters. The summed E-state index contributed by atoms with van der Waals surface area (Å²) in [7, 11) is 0. The topological polar surface area (TPSA) is 0 Å². The van der Waals surface area contributed by atoms with Crippen LogP contribution >= 0.6 is 0 Å². The molecule has 0 amide bonds. The van der Waals surface area contributed by atoms with Gasteiger partial charge in [-0.25, -0.2) is 13.2 Å². The van der Waals surface area contributed by atoms with Gasteiger partial charge in [0.2, 0.25) is 0 Å². The van der Waals surface area contributed by atoms with Gasteiger partial charge in [-0.15, -0.1) is 0 Å². The van der Waals surface area contributed by atoms with Crippen molar-refractivity contribution in [1.29, 1.82) is 0 Å². The monoisotopic (exact) mass is 344 g/mol. The van der Waals surface area contributed by atoms with Crippen molar-refractivity contribution in [2.75, 3.05) is 0 Å². The van der Waals surface area contributed by atoms with E-state index in [1.807, 2.05) is 32.9 Å². The number of rotatable bonds is 1. The fourth-order valence-electron chi connectivity index (χ4n) is 1.92. The average molecular weight is 344 g/mol. The summed E-state index contributed by atoms with van der Waals surface area (Å²) in [4.78, 5) is 0. The highest BCUT2D eigenvalue weighted by Crippen LogP contribution is 2.05. The summed E-state index contributed by atoms with van der Waals surface area (Å²) < 4.78 is 36.8. The molecule has 0 radical (unpaired) electrons. The molecule has 25 heavy (non-hydrogen) atoms. The van der Waals surface area contributed by atoms with Gasteiger partial charge < -0.3 is 0 Å². The zero-order chi connectivity index (χ0) is 18.7. The van der Waals surface area contributed by atoms with Gasteiger partial charge in [0.25, 0.3) is 0 Å². The van der Waals surface area contributed by atoms with Gasteiger partial charge >= 0.3 is 0 Å². The second kappa shape index (κ2) is 11.1. The molecule has 0 aliphatic heterocycles. The fraction of sp³-hybridized carbons (Fsp3) is 0.182. The summed E-state index contributed by atoms with van der Waals surface area (Å²) in [5.74, 6) is -0.430. The third kappa shape index (κ3) is 8.75. The van der Waals surface area contributed by atoms with E-state index in [0.717, 1.165) is 23.1 Å². The lowest BCUT2D eigenvalue weighted by Crippen LogP contribution is -1.83. The molecule has 3 heteroatoms. The van der Waals surface area contributed by atoms with E-state index in [4.69, 9.17) is 0 Å². The van der Waals surface area contributed by atoms with Crippen LogP contribution in [0.3, 0.4) is 0 Å². The van der Waals surface area contributed by atoms with Crippen LogP contribution in [0.2, 0.25) is 0 Å². The Kier molecular flexibility index (Phi) is 9.09. The van der Waals surface area contributed by atoms with E-state index in [1.165, 1.54) is 30.3 Å². The van der Waals surface area contributed by atoms with E-state index in [9.17, 15) is 13.2 Å². The van der Waals surface area contributed by atoms with Crippen molar-refractivity contribution in [1.82, 2.24) is 0 Å². The lowest BCUT2D eigenvalue weighted by Gasteiger charge is -1.94. The average Bonchev–Trinajstić information content (AvgIpc) is 2.59. The summed E-state index contributed by atoms with van der Waals surface area (Å²) >= 11 is 0. The number of hydrogen-bond acceptors (Lipinski definition) is 0. The fourth-order valence-corrected chi connectivity index (χ4v) is 1.92. The van der Waals surface area contributed by atoms with Crippen LogP contribution < -0.4 is 0 Å². The van der Waals surface area contributed by atoms with Crippen LogP contribution in [0.1, 0.15) is 23.6 Å². The first kappa shape index (κ1) is 20.5. The van der Waals surface area contributed by atoms with Gasteiger partial charge in [0.05, 0.1) is 0 Å². The third-order valence-electron chi connectivity index (χ3n) is 3.33. The van der Waals surface area contributed by atoms with E-state index in [-0.39, 0.29) is 17.5 Å². The van der Waals surface area contributed by atoms with Crippen molar-refractivity contribution in [3.63, 3.8) is 0 Å². The Morgan fingerprint density at radius 3 is 1.68 bits per heavy atom. The minimum atomic E-state index is -0.171. The Bertz CT molecular complexity index is 711. The molecule has 0 saturated carbocycles. The molecule has 0 fully saturated rings. The zero-order valence-electron chi connectivity index (χ0n) is 14.8. The molecule has 3 aromatic rings. The second-order valence-electron chi connectivity index (χ2n) is 5.54. The standard InChI is InChI=1S/C8H9F.2C7H7F/c1-2-7-5-3-4-6-8(7)9;1-6-2-4-7(8)5-3-6;1-6-3-2-4-7(8)5-6/h3-6H,2H2,1H3;2*2-5H,1H3. The van der Waals surface area contributed by atoms with Gasteiger partial charge in [0.1, 0.15) is 17.5 Å². The van der Waals surface area contributed by atoms with Gasteiger partial charge in [-0.3, -0.25) is 0 Å². The molecular formula is C22H23F3. The Morgan fingerprint density at radius 1 is 0.640 bits per heavy atom. The maximum absolute atomic E-state index is 12.6. The van der Waals surface area contributed by atoms with E-state index < -0.39 is 0 Å². The predicted molar refractivity (Wildman–Crippen MR) is 98.1 cm³/mol. The van der Waals surface area contributed by atoms with Crippen LogP contribution in [0.15, 0.2) is 72.8 Å². The van der Waals surface area contributed by atoms with E-state index >= 15 is 0 Å². The summed E-state index contributed by atoms with van der Waals surface area (Å²) in [6.07, 6.45) is 0.771. The largest absolute Gasteiger partial charge is 0.207 e. The molecule has 0 aliphatic carbocycles. The maximum Gasteiger partial charge on any atom is 0.126 e. The van der Waals surface area contributed by atoms with Crippen LogP contribution in [0.25, 0.3) is 0 Å². The highest BCUT2D eigenvalue weighted by molar-refractivity contribution is 5.16. The molecule has 3 rings (SSSR count). The van der Waals surface area contributed by atoms with E-state index in [0.29, 0.717) is 0 Å². The van der Waals surface area contributed by atoms with Gasteiger partial charge in [-0.1, -0.05) is 55.0 Å². The molecule has 0 saturated heterocycles.